The van der Waals surface area contributed by atoms with Crippen LogP contribution in [-0.4, -0.2) is 36.5 Å². The Bertz CT molecular complexity index is 851. The number of nitrogens with one attached hydrogen (secondary N) is 1. The summed E-state index contributed by atoms with van der Waals surface area (Å²) in [6.07, 6.45) is 2.67. The molecular formula is C20H23N3O3. The van der Waals surface area contributed by atoms with Gasteiger partial charge in [0.1, 0.15) is 5.76 Å². The molecule has 1 aromatic heterocycles. The molecule has 0 saturated heterocycles. The number of hydrogen-bond acceptors (Lipinski definition) is 4. The van der Waals surface area contributed by atoms with Crippen molar-refractivity contribution in [3.05, 3.63) is 58.5 Å². The van der Waals surface area contributed by atoms with E-state index in [4.69, 9.17) is 4.42 Å². The third-order valence-electron chi connectivity index (χ3n) is 4.45. The fourth-order valence-corrected chi connectivity index (χ4v) is 3.14. The van der Waals surface area contributed by atoms with Gasteiger partial charge in [0, 0.05) is 31.6 Å². The molecule has 1 aliphatic rings. The van der Waals surface area contributed by atoms with Gasteiger partial charge in [-0.25, -0.2) is 5.43 Å². The van der Waals surface area contributed by atoms with Crippen molar-refractivity contribution in [1.82, 2.24) is 10.3 Å². The Morgan fingerprint density at radius 3 is 2.62 bits per heavy atom. The number of carbonyl (C=O) groups is 2. The number of aryl methyl sites for hydroxylation is 1. The van der Waals surface area contributed by atoms with Gasteiger partial charge in [-0.05, 0) is 25.3 Å². The average molecular weight is 353 g/mol. The van der Waals surface area contributed by atoms with Crippen molar-refractivity contribution in [2.45, 2.75) is 32.6 Å². The molecule has 3 rings (SSSR count). The molecular weight excluding hydrogens is 330 g/mol. The van der Waals surface area contributed by atoms with Crippen LogP contribution in [0.3, 0.4) is 0 Å². The van der Waals surface area contributed by atoms with Crippen molar-refractivity contribution in [3.8, 4) is 0 Å². The van der Waals surface area contributed by atoms with E-state index in [0.29, 0.717) is 5.76 Å². The zero-order chi connectivity index (χ0) is 18.7. The first-order valence-electron chi connectivity index (χ1n) is 8.71. The Morgan fingerprint density at radius 2 is 1.92 bits per heavy atom. The van der Waals surface area contributed by atoms with E-state index in [9.17, 15) is 9.59 Å². The molecule has 0 fully saturated rings. The molecule has 0 radical (unpaired) electrons. The van der Waals surface area contributed by atoms with Crippen molar-refractivity contribution >= 4 is 17.5 Å². The van der Waals surface area contributed by atoms with E-state index in [0.717, 1.165) is 47.4 Å². The van der Waals surface area contributed by atoms with Crippen LogP contribution < -0.4 is 5.43 Å². The molecule has 6 nitrogen and oxygen atoms in total. The lowest BCUT2D eigenvalue weighted by molar-refractivity contribution is -0.120. The molecule has 136 valence electrons. The first-order chi connectivity index (χ1) is 12.5. The molecule has 0 bridgehead atoms. The molecule has 1 aliphatic carbocycles. The van der Waals surface area contributed by atoms with E-state index in [2.05, 4.69) is 10.5 Å². The van der Waals surface area contributed by atoms with Crippen LogP contribution in [0.15, 0.2) is 39.9 Å². The lowest BCUT2D eigenvalue weighted by Gasteiger charge is -2.13. The Hall–Kier alpha value is -2.89. The average Bonchev–Trinajstić information content (AvgIpc) is 2.97. The summed E-state index contributed by atoms with van der Waals surface area (Å²) in [5.74, 6) is 0.797. The fourth-order valence-electron chi connectivity index (χ4n) is 3.14. The predicted octanol–water partition coefficient (Wildman–Crippen LogP) is 2.69. The summed E-state index contributed by atoms with van der Waals surface area (Å²) in [6, 6.07) is 9.54. The lowest BCUT2D eigenvalue weighted by Crippen LogP contribution is -2.24. The number of carbonyl (C=O) groups excluding carboxylic acids is 2. The first-order valence-corrected chi connectivity index (χ1v) is 8.71. The molecule has 26 heavy (non-hydrogen) atoms. The first kappa shape index (κ1) is 17.9. The molecule has 0 saturated carbocycles. The summed E-state index contributed by atoms with van der Waals surface area (Å²) < 4.78 is 5.81. The molecule has 2 amide bonds. The second-order valence-corrected chi connectivity index (χ2v) is 6.66. The summed E-state index contributed by atoms with van der Waals surface area (Å²) in [7, 11) is 3.39. The van der Waals surface area contributed by atoms with Gasteiger partial charge in [-0.1, -0.05) is 30.3 Å². The highest BCUT2D eigenvalue weighted by Crippen LogP contribution is 2.30. The third kappa shape index (κ3) is 3.69. The molecule has 1 aromatic carbocycles. The Kier molecular flexibility index (Phi) is 5.21. The molecule has 2 aromatic rings. The zero-order valence-electron chi connectivity index (χ0n) is 15.3. The summed E-state index contributed by atoms with van der Waals surface area (Å²) >= 11 is 0. The van der Waals surface area contributed by atoms with Crippen LogP contribution in [0.25, 0.3) is 0 Å². The van der Waals surface area contributed by atoms with Crippen LogP contribution in [0.4, 0.5) is 0 Å². The van der Waals surface area contributed by atoms with Gasteiger partial charge in [0.15, 0.2) is 5.76 Å². The second-order valence-electron chi connectivity index (χ2n) is 6.66. The summed E-state index contributed by atoms with van der Waals surface area (Å²) in [4.78, 5) is 25.9. The molecule has 6 heteroatoms. The Labute approximate surface area is 152 Å². The highest BCUT2D eigenvalue weighted by molar-refractivity contribution is 6.06. The van der Waals surface area contributed by atoms with Crippen LogP contribution in [0, 0.1) is 6.92 Å². The number of hydrogen-bond donors (Lipinski definition) is 1. The minimum Gasteiger partial charge on any atom is -0.455 e. The maximum atomic E-state index is 12.3. The highest BCUT2D eigenvalue weighted by atomic mass is 16.4. The van der Waals surface area contributed by atoms with Crippen molar-refractivity contribution in [2.24, 2.45) is 5.10 Å². The monoisotopic (exact) mass is 353 g/mol. The van der Waals surface area contributed by atoms with E-state index in [1.54, 1.807) is 14.1 Å². The van der Waals surface area contributed by atoms with Gasteiger partial charge >= 0.3 is 0 Å². The minimum atomic E-state index is -0.165. The number of amides is 2. The van der Waals surface area contributed by atoms with E-state index in [1.807, 2.05) is 37.3 Å². The molecule has 0 unspecified atom stereocenters. The maximum Gasteiger partial charge on any atom is 0.289 e. The van der Waals surface area contributed by atoms with Gasteiger partial charge < -0.3 is 9.32 Å². The van der Waals surface area contributed by atoms with Gasteiger partial charge in [0.25, 0.3) is 5.91 Å². The van der Waals surface area contributed by atoms with Crippen LogP contribution in [-0.2, 0) is 17.6 Å². The number of fused-ring (bicyclic) bond motifs is 1. The third-order valence-corrected chi connectivity index (χ3v) is 4.45. The zero-order valence-corrected chi connectivity index (χ0v) is 15.3. The van der Waals surface area contributed by atoms with Crippen LogP contribution >= 0.6 is 0 Å². The molecule has 0 spiro atoms. The largest absolute Gasteiger partial charge is 0.455 e. The summed E-state index contributed by atoms with van der Waals surface area (Å²) in [6.45, 7) is 1.87. The number of furan rings is 1. The second kappa shape index (κ2) is 7.56. The van der Waals surface area contributed by atoms with Gasteiger partial charge in [0.2, 0.25) is 5.91 Å². The quantitative estimate of drug-likeness (QED) is 0.859. The van der Waals surface area contributed by atoms with Crippen molar-refractivity contribution in [2.75, 3.05) is 14.1 Å². The maximum absolute atomic E-state index is 12.3. The Morgan fingerprint density at radius 1 is 1.19 bits per heavy atom. The van der Waals surface area contributed by atoms with E-state index < -0.39 is 0 Å². The van der Waals surface area contributed by atoms with E-state index in [1.165, 1.54) is 4.90 Å². The molecule has 1 N–H and O–H groups in total. The smallest absolute Gasteiger partial charge is 0.289 e. The van der Waals surface area contributed by atoms with Crippen molar-refractivity contribution in [3.63, 3.8) is 0 Å². The van der Waals surface area contributed by atoms with Crippen LogP contribution in [0.1, 0.15) is 45.8 Å². The van der Waals surface area contributed by atoms with Crippen LogP contribution in [0.5, 0.6) is 0 Å². The number of benzene rings is 1. The van der Waals surface area contributed by atoms with Gasteiger partial charge in [-0.2, -0.15) is 5.10 Å². The van der Waals surface area contributed by atoms with Gasteiger partial charge in [-0.15, -0.1) is 0 Å². The minimum absolute atomic E-state index is 0.163. The van der Waals surface area contributed by atoms with Gasteiger partial charge in [-0.3, -0.25) is 9.59 Å². The molecule has 0 aliphatic heterocycles. The summed E-state index contributed by atoms with van der Waals surface area (Å²) in [5.41, 5.74) is 6.00. The molecule has 0 atom stereocenters. The fraction of sp³-hybridized carbons (Fsp3) is 0.350. The SMILES string of the molecule is Cc1c(C(=O)N(C)C)oc2c1/C(=N/NC(=O)Cc1ccccc1)CCC2. The Balaban J connectivity index is 1.79. The van der Waals surface area contributed by atoms with E-state index in [-0.39, 0.29) is 18.2 Å². The van der Waals surface area contributed by atoms with Crippen molar-refractivity contribution in [1.29, 1.82) is 0 Å². The van der Waals surface area contributed by atoms with E-state index >= 15 is 0 Å². The number of rotatable bonds is 4. The van der Waals surface area contributed by atoms with Crippen LogP contribution in [0.2, 0.25) is 0 Å². The number of nitrogens with zero attached hydrogens (tertiary/aromatic N) is 2. The predicted molar refractivity (Wildman–Crippen MR) is 99.2 cm³/mol. The number of hydrazone groups is 1. The standard InChI is InChI=1S/C20H23N3O3/c1-13-18-15(21-22-17(24)12-14-8-5-4-6-9-14)10-7-11-16(18)26-19(13)20(25)23(2)3/h4-6,8-9H,7,10-12H2,1-3H3,(H,22,24)/b21-15+. The lowest BCUT2D eigenvalue weighted by atomic mass is 9.93. The van der Waals surface area contributed by atoms with Gasteiger partial charge in [0.05, 0.1) is 12.1 Å². The normalized spacial score (nSPS) is 14.8. The topological polar surface area (TPSA) is 74.9 Å². The highest BCUT2D eigenvalue weighted by Gasteiger charge is 2.28. The van der Waals surface area contributed by atoms with Crippen molar-refractivity contribution < 1.29 is 14.0 Å². The summed E-state index contributed by atoms with van der Waals surface area (Å²) in [5, 5.41) is 4.33. The molecule has 1 heterocycles.